The topological polar surface area (TPSA) is 48.1 Å². The van der Waals surface area contributed by atoms with Crippen LogP contribution in [0.15, 0.2) is 22.9 Å². The molecule has 1 aliphatic carbocycles. The van der Waals surface area contributed by atoms with Crippen LogP contribution >= 0.6 is 15.9 Å². The first-order valence-electron chi connectivity index (χ1n) is 6.64. The number of rotatable bonds is 6. The van der Waals surface area contributed by atoms with E-state index in [-0.39, 0.29) is 6.04 Å². The first-order valence-corrected chi connectivity index (χ1v) is 7.43. The van der Waals surface area contributed by atoms with Crippen LogP contribution in [0.1, 0.15) is 31.7 Å². The third-order valence-electron chi connectivity index (χ3n) is 3.49. The normalized spacial score (nSPS) is 24.6. The Kier molecular flexibility index (Phi) is 5.15. The Labute approximate surface area is 117 Å². The van der Waals surface area contributed by atoms with Gasteiger partial charge in [0.15, 0.2) is 0 Å². The highest BCUT2D eigenvalue weighted by Crippen LogP contribution is 2.33. The molecular formula is C14H21BrN2O. The van der Waals surface area contributed by atoms with Gasteiger partial charge in [0.1, 0.15) is 0 Å². The summed E-state index contributed by atoms with van der Waals surface area (Å²) in [4.78, 5) is 4.16. The number of pyridine rings is 1. The maximum Gasteiger partial charge on any atom is 0.0580 e. The summed E-state index contributed by atoms with van der Waals surface area (Å²) < 4.78 is 6.59. The van der Waals surface area contributed by atoms with E-state index in [4.69, 9.17) is 10.5 Å². The van der Waals surface area contributed by atoms with Gasteiger partial charge in [-0.25, -0.2) is 0 Å². The molecule has 0 saturated heterocycles. The van der Waals surface area contributed by atoms with Crippen LogP contribution in [0.4, 0.5) is 0 Å². The van der Waals surface area contributed by atoms with E-state index in [2.05, 4.69) is 33.9 Å². The molecule has 1 aliphatic rings. The Balaban J connectivity index is 1.71. The van der Waals surface area contributed by atoms with Crippen LogP contribution in [0.2, 0.25) is 0 Å². The summed E-state index contributed by atoms with van der Waals surface area (Å²) in [6.07, 6.45) is 8.54. The van der Waals surface area contributed by atoms with Crippen LogP contribution in [-0.2, 0) is 11.2 Å². The standard InChI is InChI=1S/C14H21BrN2O/c1-2-18-14-6-10(7-14)4-13(16)5-11-3-12(15)9-17-8-11/h3,8-10,13-14H,2,4-7,16H2,1H3. The molecule has 2 N–H and O–H groups in total. The molecule has 0 aromatic carbocycles. The molecule has 1 aromatic rings. The summed E-state index contributed by atoms with van der Waals surface area (Å²) in [5.41, 5.74) is 7.41. The van der Waals surface area contributed by atoms with Gasteiger partial charge in [-0.05, 0) is 66.1 Å². The van der Waals surface area contributed by atoms with Crippen molar-refractivity contribution in [2.24, 2.45) is 11.7 Å². The molecule has 0 bridgehead atoms. The summed E-state index contributed by atoms with van der Waals surface area (Å²) in [5, 5.41) is 0. The number of nitrogens with zero attached hydrogens (tertiary/aromatic N) is 1. The monoisotopic (exact) mass is 312 g/mol. The quantitative estimate of drug-likeness (QED) is 0.878. The first-order chi connectivity index (χ1) is 8.67. The molecule has 1 heterocycles. The maximum absolute atomic E-state index is 6.20. The Morgan fingerprint density at radius 1 is 1.50 bits per heavy atom. The third kappa shape index (κ3) is 4.04. The van der Waals surface area contributed by atoms with Crippen molar-refractivity contribution in [2.45, 2.75) is 44.8 Å². The van der Waals surface area contributed by atoms with Gasteiger partial charge < -0.3 is 10.5 Å². The van der Waals surface area contributed by atoms with Gasteiger partial charge in [-0.3, -0.25) is 4.98 Å². The Morgan fingerprint density at radius 2 is 2.28 bits per heavy atom. The Morgan fingerprint density at radius 3 is 2.94 bits per heavy atom. The molecule has 1 unspecified atom stereocenters. The van der Waals surface area contributed by atoms with Crippen LogP contribution in [0.5, 0.6) is 0 Å². The van der Waals surface area contributed by atoms with Gasteiger partial charge in [0.05, 0.1) is 6.10 Å². The average molecular weight is 313 g/mol. The minimum Gasteiger partial charge on any atom is -0.378 e. The molecule has 1 aromatic heterocycles. The molecule has 0 spiro atoms. The molecule has 1 atom stereocenters. The van der Waals surface area contributed by atoms with Crippen molar-refractivity contribution in [3.05, 3.63) is 28.5 Å². The van der Waals surface area contributed by atoms with Gasteiger partial charge in [0, 0.05) is 29.5 Å². The zero-order valence-electron chi connectivity index (χ0n) is 10.8. The Hall–Kier alpha value is -0.450. The van der Waals surface area contributed by atoms with E-state index in [9.17, 15) is 0 Å². The largest absolute Gasteiger partial charge is 0.378 e. The highest BCUT2D eigenvalue weighted by atomic mass is 79.9. The van der Waals surface area contributed by atoms with Crippen LogP contribution in [0.3, 0.4) is 0 Å². The smallest absolute Gasteiger partial charge is 0.0580 e. The summed E-state index contributed by atoms with van der Waals surface area (Å²) in [5.74, 6) is 0.747. The van der Waals surface area contributed by atoms with E-state index < -0.39 is 0 Å². The van der Waals surface area contributed by atoms with Crippen molar-refractivity contribution < 1.29 is 4.74 Å². The lowest BCUT2D eigenvalue weighted by Crippen LogP contribution is -2.36. The van der Waals surface area contributed by atoms with E-state index in [1.54, 1.807) is 6.20 Å². The second kappa shape index (κ2) is 6.64. The molecule has 18 heavy (non-hydrogen) atoms. The SMILES string of the molecule is CCOC1CC(CC(N)Cc2cncc(Br)c2)C1. The molecule has 0 aliphatic heterocycles. The van der Waals surface area contributed by atoms with E-state index >= 15 is 0 Å². The van der Waals surface area contributed by atoms with Crippen molar-refractivity contribution in [2.75, 3.05) is 6.61 Å². The third-order valence-corrected chi connectivity index (χ3v) is 3.92. The lowest BCUT2D eigenvalue weighted by Gasteiger charge is -2.36. The lowest BCUT2D eigenvalue weighted by molar-refractivity contribution is -0.0280. The molecule has 3 nitrogen and oxygen atoms in total. The second-order valence-electron chi connectivity index (χ2n) is 5.13. The van der Waals surface area contributed by atoms with Gasteiger partial charge >= 0.3 is 0 Å². The number of hydrogen-bond acceptors (Lipinski definition) is 3. The summed E-state index contributed by atoms with van der Waals surface area (Å²) in [6, 6.07) is 2.32. The highest BCUT2D eigenvalue weighted by Gasteiger charge is 2.30. The van der Waals surface area contributed by atoms with Crippen LogP contribution in [0.25, 0.3) is 0 Å². The molecule has 0 radical (unpaired) electrons. The highest BCUT2D eigenvalue weighted by molar-refractivity contribution is 9.10. The van der Waals surface area contributed by atoms with Gasteiger partial charge in [-0.2, -0.15) is 0 Å². The molecule has 2 rings (SSSR count). The average Bonchev–Trinajstić information content (AvgIpc) is 2.26. The van der Waals surface area contributed by atoms with Crippen LogP contribution < -0.4 is 5.73 Å². The van der Waals surface area contributed by atoms with E-state index in [1.807, 2.05) is 6.20 Å². The number of ether oxygens (including phenoxy) is 1. The zero-order valence-corrected chi connectivity index (χ0v) is 12.4. The Bertz CT molecular complexity index is 380. The molecule has 1 fully saturated rings. The molecule has 100 valence electrons. The van der Waals surface area contributed by atoms with Crippen molar-refractivity contribution >= 4 is 15.9 Å². The number of nitrogens with two attached hydrogens (primary N) is 1. The molecular weight excluding hydrogens is 292 g/mol. The summed E-state index contributed by atoms with van der Waals surface area (Å²) >= 11 is 3.43. The lowest BCUT2D eigenvalue weighted by atomic mass is 9.77. The molecule has 1 saturated carbocycles. The van der Waals surface area contributed by atoms with Crippen molar-refractivity contribution in [1.82, 2.24) is 4.98 Å². The summed E-state index contributed by atoms with van der Waals surface area (Å²) in [6.45, 7) is 2.88. The van der Waals surface area contributed by atoms with Crippen LogP contribution in [-0.4, -0.2) is 23.7 Å². The minimum absolute atomic E-state index is 0.230. The fourth-order valence-electron chi connectivity index (χ4n) is 2.62. The second-order valence-corrected chi connectivity index (χ2v) is 6.04. The molecule has 4 heteroatoms. The predicted molar refractivity (Wildman–Crippen MR) is 76.4 cm³/mol. The van der Waals surface area contributed by atoms with Crippen molar-refractivity contribution in [3.63, 3.8) is 0 Å². The predicted octanol–water partition coefficient (Wildman–Crippen LogP) is 2.92. The van der Waals surface area contributed by atoms with E-state index in [0.717, 1.165) is 29.8 Å². The number of aromatic nitrogens is 1. The van der Waals surface area contributed by atoms with E-state index in [1.165, 1.54) is 18.4 Å². The fourth-order valence-corrected chi connectivity index (χ4v) is 3.03. The van der Waals surface area contributed by atoms with E-state index in [0.29, 0.717) is 6.10 Å². The van der Waals surface area contributed by atoms with Crippen LogP contribution in [0, 0.1) is 5.92 Å². The van der Waals surface area contributed by atoms with Crippen molar-refractivity contribution in [1.29, 1.82) is 0 Å². The zero-order chi connectivity index (χ0) is 13.0. The van der Waals surface area contributed by atoms with Gasteiger partial charge in [-0.15, -0.1) is 0 Å². The number of hydrogen-bond donors (Lipinski definition) is 1. The van der Waals surface area contributed by atoms with Gasteiger partial charge in [0.25, 0.3) is 0 Å². The maximum atomic E-state index is 6.20. The van der Waals surface area contributed by atoms with Gasteiger partial charge in [-0.1, -0.05) is 0 Å². The molecule has 0 amide bonds. The fraction of sp³-hybridized carbons (Fsp3) is 0.643. The number of halogens is 1. The van der Waals surface area contributed by atoms with Crippen molar-refractivity contribution in [3.8, 4) is 0 Å². The minimum atomic E-state index is 0.230. The summed E-state index contributed by atoms with van der Waals surface area (Å²) in [7, 11) is 0. The first kappa shape index (κ1) is 14.0. The van der Waals surface area contributed by atoms with Gasteiger partial charge in [0.2, 0.25) is 0 Å².